The number of rotatable bonds is 9. The maximum atomic E-state index is 14.5. The van der Waals surface area contributed by atoms with Crippen molar-refractivity contribution in [3.05, 3.63) is 47.6 Å². The van der Waals surface area contributed by atoms with E-state index < -0.39 is 77.8 Å². The summed E-state index contributed by atoms with van der Waals surface area (Å²) in [6.07, 6.45) is 12.0. The van der Waals surface area contributed by atoms with Gasteiger partial charge in [0.1, 0.15) is 30.1 Å². The molecule has 0 radical (unpaired) electrons. The van der Waals surface area contributed by atoms with E-state index in [0.717, 1.165) is 12.0 Å². The number of aliphatic hydroxyl groups excluding tert-OH is 2. The Morgan fingerprint density at radius 2 is 1.59 bits per heavy atom. The van der Waals surface area contributed by atoms with Crippen LogP contribution in [-0.2, 0) is 52.4 Å². The van der Waals surface area contributed by atoms with Gasteiger partial charge in [0.05, 0.1) is 37.6 Å². The first-order chi connectivity index (χ1) is 32.3. The van der Waals surface area contributed by atoms with Gasteiger partial charge in [-0.15, -0.1) is 0 Å². The molecule has 0 aromatic carbocycles. The Kier molecular flexibility index (Phi) is 22.9. The first kappa shape index (κ1) is 57.2. The highest BCUT2D eigenvalue weighted by molar-refractivity contribution is 6.39. The molecule has 0 aromatic heterocycles. The number of nitrogens with zero attached hydrogens (tertiary/aromatic N) is 1. The van der Waals surface area contributed by atoms with Crippen LogP contribution in [0.3, 0.4) is 0 Å². The lowest BCUT2D eigenvalue weighted by molar-refractivity contribution is -0.265. The number of carbonyl (C=O) groups excluding carboxylic acids is 5. The average molecular weight is 958 g/mol. The van der Waals surface area contributed by atoms with Crippen molar-refractivity contribution in [2.24, 2.45) is 35.5 Å². The summed E-state index contributed by atoms with van der Waals surface area (Å²) in [4.78, 5) is 72.1. The van der Waals surface area contributed by atoms with E-state index in [1.54, 1.807) is 41.1 Å². The van der Waals surface area contributed by atoms with Crippen LogP contribution in [0.1, 0.15) is 126 Å². The van der Waals surface area contributed by atoms with Gasteiger partial charge in [-0.05, 0) is 107 Å². The van der Waals surface area contributed by atoms with Gasteiger partial charge >= 0.3 is 5.97 Å². The Morgan fingerprint density at radius 1 is 0.853 bits per heavy atom. The summed E-state index contributed by atoms with van der Waals surface area (Å²) in [5.74, 6) is -7.96. The fourth-order valence-corrected chi connectivity index (χ4v) is 10.5. The standard InChI is InChI=1S/C53H83NO14/c1-32-16-12-11-13-17-33(2)44(63-8)30-40-21-19-38(7)53(62,68-40)50(59)51(60)54-23-15-14-18-41(54)52(61)67-45(35(4)28-39-20-22-43(66-25-24-55)46(29-39)64-9)31-42(56)34(3)27-37(6)48(58)49(65-10)47(57)36(5)26-32/h11-13,16-17,27,32,34-36,38-41,43-46,48-49,55,58,62H,14-15,18-26,28-31H2,1-10H3/b13-11+,16-12-,33-17+,37-27+/t32-,34-,35-,36+,38-,39+,40+,41?,43+,44+,45+,46-,48-,49+,53-/m1/s1. The molecule has 4 rings (SSSR count). The normalized spacial score (nSPS) is 39.2. The van der Waals surface area contributed by atoms with Gasteiger partial charge < -0.3 is 48.6 Å². The van der Waals surface area contributed by atoms with Crippen LogP contribution in [0.4, 0.5) is 0 Å². The monoisotopic (exact) mass is 958 g/mol. The summed E-state index contributed by atoms with van der Waals surface area (Å²) >= 11 is 0. The molecule has 1 aliphatic carbocycles. The van der Waals surface area contributed by atoms with Crippen molar-refractivity contribution in [2.45, 2.75) is 180 Å². The van der Waals surface area contributed by atoms with Crippen molar-refractivity contribution in [2.75, 3.05) is 41.1 Å². The number of methoxy groups -OCH3 is 3. The van der Waals surface area contributed by atoms with E-state index in [-0.39, 0.29) is 74.1 Å². The number of piperidine rings is 1. The molecule has 3 aliphatic heterocycles. The molecule has 0 aromatic rings. The molecule has 3 heterocycles. The Bertz CT molecular complexity index is 1810. The van der Waals surface area contributed by atoms with E-state index in [1.807, 2.05) is 58.1 Å². The number of Topliss-reactive ketones (excluding diaryl/α,β-unsaturated/α-hetero) is 3. The van der Waals surface area contributed by atoms with Gasteiger partial charge in [-0.1, -0.05) is 71.1 Å². The molecular weight excluding hydrogens is 875 g/mol. The number of aliphatic hydroxyl groups is 3. The number of allylic oxidation sites excluding steroid dienone is 6. The molecule has 1 unspecified atom stereocenters. The third-order valence-corrected chi connectivity index (χ3v) is 14.9. The topological polar surface area (TPSA) is 205 Å². The molecule has 1 amide bonds. The Hall–Kier alpha value is -3.41. The first-order valence-corrected chi connectivity index (χ1v) is 25.0. The molecule has 15 atom stereocenters. The predicted molar refractivity (Wildman–Crippen MR) is 256 cm³/mol. The summed E-state index contributed by atoms with van der Waals surface area (Å²) in [5.41, 5.74) is 1.26. The Labute approximate surface area is 405 Å². The largest absolute Gasteiger partial charge is 0.460 e. The highest BCUT2D eigenvalue weighted by atomic mass is 16.6. The first-order valence-electron chi connectivity index (χ1n) is 25.0. The van der Waals surface area contributed by atoms with Crippen LogP contribution in [0.25, 0.3) is 0 Å². The fraction of sp³-hybridized carbons (Fsp3) is 0.755. The summed E-state index contributed by atoms with van der Waals surface area (Å²) in [5, 5.41) is 32.8. The molecular formula is C53H83NO14. The predicted octanol–water partition coefficient (Wildman–Crippen LogP) is 6.20. The molecule has 2 bridgehead atoms. The van der Waals surface area contributed by atoms with E-state index in [0.29, 0.717) is 63.4 Å². The molecule has 2 saturated heterocycles. The maximum absolute atomic E-state index is 14.5. The van der Waals surface area contributed by atoms with E-state index in [2.05, 4.69) is 0 Å². The highest BCUT2D eigenvalue weighted by Gasteiger charge is 2.53. The molecule has 68 heavy (non-hydrogen) atoms. The van der Waals surface area contributed by atoms with Crippen LogP contribution >= 0.6 is 0 Å². The van der Waals surface area contributed by atoms with Crippen molar-refractivity contribution < 1.29 is 67.7 Å². The van der Waals surface area contributed by atoms with Gasteiger partial charge in [0, 0.05) is 58.5 Å². The van der Waals surface area contributed by atoms with Crippen LogP contribution in [0, 0.1) is 35.5 Å². The van der Waals surface area contributed by atoms with Crippen molar-refractivity contribution in [3.63, 3.8) is 0 Å². The minimum absolute atomic E-state index is 0.0158. The van der Waals surface area contributed by atoms with Gasteiger partial charge in [0.15, 0.2) is 5.78 Å². The molecule has 4 aliphatic rings. The van der Waals surface area contributed by atoms with Crippen molar-refractivity contribution in [3.8, 4) is 0 Å². The van der Waals surface area contributed by atoms with Gasteiger partial charge in [0.25, 0.3) is 11.7 Å². The third-order valence-electron chi connectivity index (χ3n) is 14.9. The van der Waals surface area contributed by atoms with E-state index in [4.69, 9.17) is 28.4 Å². The lowest BCUT2D eigenvalue weighted by atomic mass is 9.78. The van der Waals surface area contributed by atoms with Gasteiger partial charge in [0.2, 0.25) is 5.79 Å². The van der Waals surface area contributed by atoms with E-state index in [1.165, 1.54) is 12.0 Å². The zero-order valence-electron chi connectivity index (χ0n) is 42.4. The number of hydrogen-bond acceptors (Lipinski definition) is 14. The smallest absolute Gasteiger partial charge is 0.329 e. The van der Waals surface area contributed by atoms with Crippen molar-refractivity contribution in [1.82, 2.24) is 4.90 Å². The number of esters is 1. The minimum atomic E-state index is -2.43. The number of carbonyl (C=O) groups is 5. The summed E-state index contributed by atoms with van der Waals surface area (Å²) in [6, 6.07) is -1.14. The van der Waals surface area contributed by atoms with Crippen LogP contribution in [-0.4, -0.2) is 145 Å². The quantitative estimate of drug-likeness (QED) is 0.134. The molecule has 15 heteroatoms. The molecule has 3 N–H and O–H groups in total. The lowest BCUT2D eigenvalue weighted by Gasteiger charge is -2.42. The number of ether oxygens (including phenoxy) is 6. The van der Waals surface area contributed by atoms with Crippen molar-refractivity contribution in [1.29, 1.82) is 0 Å². The minimum Gasteiger partial charge on any atom is -0.460 e. The number of amides is 1. The maximum Gasteiger partial charge on any atom is 0.329 e. The molecule has 3 fully saturated rings. The lowest BCUT2D eigenvalue weighted by Crippen LogP contribution is -2.61. The van der Waals surface area contributed by atoms with Gasteiger partial charge in [-0.2, -0.15) is 0 Å². The SMILES string of the molecule is CO[C@H]1C[C@@H]2CC[C@@H](C)[C@@](O)(O2)C(=O)C(=O)N2CCCCC2C(=O)O[C@H]([C@H](C)C[C@@H]2CC[C@H](OCCO)[C@H](OC)C2)CC(=O)[C@H](C)/C=C(\C)[C@@H](O)[C@@H](OC)C(=O)[C@@H](C)C[C@H](C)\C=C/C=C/C=C/1C. The third kappa shape index (κ3) is 15.3. The number of cyclic esters (lactones) is 1. The molecule has 1 saturated carbocycles. The van der Waals surface area contributed by atoms with E-state index >= 15 is 0 Å². The van der Waals surface area contributed by atoms with Crippen molar-refractivity contribution >= 4 is 29.2 Å². The number of fused-ring (bicyclic) bond motifs is 3. The van der Waals surface area contributed by atoms with Crippen LogP contribution in [0.5, 0.6) is 0 Å². The fourth-order valence-electron chi connectivity index (χ4n) is 10.5. The Balaban J connectivity index is 1.70. The Morgan fingerprint density at radius 3 is 2.26 bits per heavy atom. The van der Waals surface area contributed by atoms with Crippen LogP contribution in [0.15, 0.2) is 47.6 Å². The van der Waals surface area contributed by atoms with Crippen LogP contribution in [0.2, 0.25) is 0 Å². The second-order valence-electron chi connectivity index (χ2n) is 20.2. The molecule has 0 spiro atoms. The highest BCUT2D eigenvalue weighted by Crippen LogP contribution is 2.38. The molecule has 384 valence electrons. The van der Waals surface area contributed by atoms with Gasteiger partial charge in [-0.25, -0.2) is 4.79 Å². The number of hydrogen-bond donors (Lipinski definition) is 3. The zero-order valence-corrected chi connectivity index (χ0v) is 42.4. The van der Waals surface area contributed by atoms with E-state index in [9.17, 15) is 39.3 Å². The van der Waals surface area contributed by atoms with Gasteiger partial charge in [-0.3, -0.25) is 19.2 Å². The van der Waals surface area contributed by atoms with Crippen LogP contribution < -0.4 is 0 Å². The second kappa shape index (κ2) is 27.3. The zero-order chi connectivity index (χ0) is 50.3. The second-order valence-corrected chi connectivity index (χ2v) is 20.2. The molecule has 15 nitrogen and oxygen atoms in total. The summed E-state index contributed by atoms with van der Waals surface area (Å²) in [7, 11) is 4.58. The average Bonchev–Trinajstić information content (AvgIpc) is 3.32. The summed E-state index contributed by atoms with van der Waals surface area (Å²) < 4.78 is 35.6. The number of ketones is 3. The summed E-state index contributed by atoms with van der Waals surface area (Å²) in [6.45, 7) is 12.9.